The quantitative estimate of drug-likeness (QED) is 0.164. The summed E-state index contributed by atoms with van der Waals surface area (Å²) in [6.45, 7) is 0.792. The lowest BCUT2D eigenvalue weighted by atomic mass is 10.0. The van der Waals surface area contributed by atoms with Crippen LogP contribution in [0.3, 0.4) is 0 Å². The lowest BCUT2D eigenvalue weighted by Gasteiger charge is -2.23. The maximum absolute atomic E-state index is 13.2. The molecule has 0 amide bonds. The third-order valence-electron chi connectivity index (χ3n) is 6.82. The number of hydrogen-bond donors (Lipinski definition) is 3. The first-order chi connectivity index (χ1) is 19.0. The molecule has 0 bridgehead atoms. The fourth-order valence-electron chi connectivity index (χ4n) is 4.79. The molecule has 10 heteroatoms. The average Bonchev–Trinajstić information content (AvgIpc) is 3.72. The molecule has 1 atom stereocenters. The molecule has 2 aromatic heterocycles. The van der Waals surface area contributed by atoms with Crippen LogP contribution in [0.1, 0.15) is 18.7 Å². The van der Waals surface area contributed by atoms with Gasteiger partial charge in [0.15, 0.2) is 11.1 Å². The molecule has 8 nitrogen and oxygen atoms in total. The van der Waals surface area contributed by atoms with Gasteiger partial charge in [-0.15, -0.1) is 11.3 Å². The first-order valence-electron chi connectivity index (χ1n) is 12.6. The van der Waals surface area contributed by atoms with Crippen molar-refractivity contribution < 1.29 is 8.91 Å². The molecule has 0 unspecified atom stereocenters. The van der Waals surface area contributed by atoms with Crippen molar-refractivity contribution in [3.8, 4) is 33.8 Å². The average molecular weight is 540 g/mol. The van der Waals surface area contributed by atoms with E-state index in [-0.39, 0.29) is 17.8 Å². The van der Waals surface area contributed by atoms with E-state index in [1.54, 1.807) is 12.1 Å². The van der Waals surface area contributed by atoms with Crippen LogP contribution in [0.25, 0.3) is 33.8 Å². The third kappa shape index (κ3) is 5.51. The smallest absolute Gasteiger partial charge is 0.229 e. The first kappa shape index (κ1) is 24.7. The number of nitrogens with zero attached hydrogens (tertiary/aromatic N) is 4. The molecule has 1 fully saturated rings. The molecule has 1 aliphatic rings. The number of nitrogens with one attached hydrogen (secondary N) is 2. The summed E-state index contributed by atoms with van der Waals surface area (Å²) in [5.41, 5.74) is 11.3. The van der Waals surface area contributed by atoms with Crippen LogP contribution in [0, 0.1) is 11.2 Å². The standard InChI is InChI=1S/C29H26FN7OS/c30-22-11-7-19(8-12-22)18-3-5-20(6-4-18)25-17-39-29(34-25)33-23-13-9-21(10-14-23)27-35-26(38-36-27)16-24-2-1-15-37(24)28(31)32/h3-14,17,24H,1-2,15-16H2,(H3,31,32)(H,33,34)/t24-/m0/s1. The number of rotatable bonds is 7. The van der Waals surface area contributed by atoms with Gasteiger partial charge in [0.05, 0.1) is 5.69 Å². The molecule has 0 radical (unpaired) electrons. The van der Waals surface area contributed by atoms with E-state index >= 15 is 0 Å². The van der Waals surface area contributed by atoms with Crippen molar-refractivity contribution in [3.63, 3.8) is 0 Å². The normalized spacial score (nSPS) is 15.0. The van der Waals surface area contributed by atoms with Crippen molar-refractivity contribution >= 4 is 28.1 Å². The molecule has 3 heterocycles. The van der Waals surface area contributed by atoms with E-state index in [9.17, 15) is 4.39 Å². The summed E-state index contributed by atoms with van der Waals surface area (Å²) in [7, 11) is 0. The minimum absolute atomic E-state index is 0.0902. The number of halogens is 1. The topological polar surface area (TPSA) is 117 Å². The van der Waals surface area contributed by atoms with Crippen LogP contribution >= 0.6 is 11.3 Å². The predicted molar refractivity (Wildman–Crippen MR) is 151 cm³/mol. The number of anilines is 2. The van der Waals surface area contributed by atoms with E-state index in [2.05, 4.69) is 15.5 Å². The summed E-state index contributed by atoms with van der Waals surface area (Å²) in [5, 5.41) is 18.0. The van der Waals surface area contributed by atoms with Crippen LogP contribution in [-0.2, 0) is 6.42 Å². The minimum atomic E-state index is -0.241. The van der Waals surface area contributed by atoms with Crippen LogP contribution in [0.2, 0.25) is 0 Å². The Morgan fingerprint density at radius 1 is 0.974 bits per heavy atom. The Hall–Kier alpha value is -4.57. The summed E-state index contributed by atoms with van der Waals surface area (Å²) >= 11 is 1.53. The van der Waals surface area contributed by atoms with Crippen LogP contribution < -0.4 is 11.1 Å². The molecular weight excluding hydrogens is 513 g/mol. The van der Waals surface area contributed by atoms with Gasteiger partial charge in [-0.1, -0.05) is 41.6 Å². The van der Waals surface area contributed by atoms with Gasteiger partial charge in [0.25, 0.3) is 0 Å². The molecule has 5 aromatic rings. The highest BCUT2D eigenvalue weighted by atomic mass is 32.1. The number of hydrogen-bond acceptors (Lipinski definition) is 7. The maximum atomic E-state index is 13.2. The molecule has 196 valence electrons. The molecule has 0 aliphatic carbocycles. The molecule has 3 aromatic carbocycles. The number of aromatic nitrogens is 3. The van der Waals surface area contributed by atoms with E-state index in [1.165, 1.54) is 23.5 Å². The monoisotopic (exact) mass is 539 g/mol. The second kappa shape index (κ2) is 10.7. The van der Waals surface area contributed by atoms with Crippen LogP contribution in [-0.4, -0.2) is 38.6 Å². The second-order valence-electron chi connectivity index (χ2n) is 9.42. The van der Waals surface area contributed by atoms with Gasteiger partial charge in [-0.05, 0) is 60.4 Å². The van der Waals surface area contributed by atoms with Gasteiger partial charge in [-0.3, -0.25) is 5.41 Å². The summed E-state index contributed by atoms with van der Waals surface area (Å²) in [6, 6.07) is 22.5. The Balaban J connectivity index is 1.09. The lowest BCUT2D eigenvalue weighted by molar-refractivity contribution is 0.320. The minimum Gasteiger partial charge on any atom is -0.370 e. The molecule has 1 aliphatic heterocycles. The van der Waals surface area contributed by atoms with E-state index in [0.717, 1.165) is 58.2 Å². The number of nitrogens with two attached hydrogens (primary N) is 1. The van der Waals surface area contributed by atoms with Crippen LogP contribution in [0.15, 0.2) is 82.7 Å². The summed E-state index contributed by atoms with van der Waals surface area (Å²) in [5.74, 6) is 0.928. The summed E-state index contributed by atoms with van der Waals surface area (Å²) in [6.07, 6.45) is 2.54. The second-order valence-corrected chi connectivity index (χ2v) is 10.3. The van der Waals surface area contributed by atoms with Gasteiger partial charge in [0.2, 0.25) is 11.7 Å². The van der Waals surface area contributed by atoms with Crippen molar-refractivity contribution in [3.05, 3.63) is 89.9 Å². The highest BCUT2D eigenvalue weighted by molar-refractivity contribution is 7.14. The Kier molecular flexibility index (Phi) is 6.76. The Morgan fingerprint density at radius 3 is 2.36 bits per heavy atom. The molecule has 39 heavy (non-hydrogen) atoms. The van der Waals surface area contributed by atoms with Crippen molar-refractivity contribution in [2.45, 2.75) is 25.3 Å². The fourth-order valence-corrected chi connectivity index (χ4v) is 5.53. The van der Waals surface area contributed by atoms with Gasteiger partial charge >= 0.3 is 0 Å². The van der Waals surface area contributed by atoms with Crippen LogP contribution in [0.4, 0.5) is 15.2 Å². The van der Waals surface area contributed by atoms with Crippen LogP contribution in [0.5, 0.6) is 0 Å². The largest absolute Gasteiger partial charge is 0.370 e. The molecule has 0 saturated carbocycles. The van der Waals surface area contributed by atoms with Gasteiger partial charge < -0.3 is 20.5 Å². The zero-order valence-electron chi connectivity index (χ0n) is 21.0. The first-order valence-corrected chi connectivity index (χ1v) is 13.5. The Morgan fingerprint density at radius 2 is 1.64 bits per heavy atom. The number of likely N-dealkylation sites (tertiary alicyclic amines) is 1. The van der Waals surface area contributed by atoms with Gasteiger partial charge in [0.1, 0.15) is 5.82 Å². The fraction of sp³-hybridized carbons (Fsp3) is 0.172. The van der Waals surface area contributed by atoms with Gasteiger partial charge in [-0.2, -0.15) is 4.98 Å². The van der Waals surface area contributed by atoms with Gasteiger partial charge in [-0.25, -0.2) is 9.37 Å². The SMILES string of the molecule is N=C(N)N1CCC[C@H]1Cc1nc(-c2ccc(Nc3nc(-c4ccc(-c5ccc(F)cc5)cc4)cs3)cc2)no1. The van der Waals surface area contributed by atoms with Crippen molar-refractivity contribution in [2.75, 3.05) is 11.9 Å². The predicted octanol–water partition coefficient (Wildman–Crippen LogP) is 6.31. The summed E-state index contributed by atoms with van der Waals surface area (Å²) in [4.78, 5) is 11.2. The Labute approximate surface area is 228 Å². The Bertz CT molecular complexity index is 1580. The van der Waals surface area contributed by atoms with E-state index in [0.29, 0.717) is 18.1 Å². The number of guanidine groups is 1. The third-order valence-corrected chi connectivity index (χ3v) is 7.58. The number of benzene rings is 3. The lowest BCUT2D eigenvalue weighted by Crippen LogP contribution is -2.41. The van der Waals surface area contributed by atoms with Crippen molar-refractivity contribution in [1.82, 2.24) is 20.0 Å². The highest BCUT2D eigenvalue weighted by Gasteiger charge is 2.27. The van der Waals surface area contributed by atoms with E-state index in [1.807, 2.05) is 58.8 Å². The molecule has 1 saturated heterocycles. The number of thiazole rings is 1. The molecular formula is C29H26FN7OS. The van der Waals surface area contributed by atoms with E-state index < -0.39 is 0 Å². The molecule has 0 spiro atoms. The summed E-state index contributed by atoms with van der Waals surface area (Å²) < 4.78 is 18.7. The van der Waals surface area contributed by atoms with Crippen molar-refractivity contribution in [1.29, 1.82) is 5.41 Å². The van der Waals surface area contributed by atoms with Crippen molar-refractivity contribution in [2.24, 2.45) is 5.73 Å². The zero-order chi connectivity index (χ0) is 26.8. The maximum Gasteiger partial charge on any atom is 0.229 e. The molecule has 6 rings (SSSR count). The zero-order valence-corrected chi connectivity index (χ0v) is 21.8. The molecule has 4 N–H and O–H groups in total. The van der Waals surface area contributed by atoms with Gasteiger partial charge in [0, 0.05) is 41.2 Å². The highest BCUT2D eigenvalue weighted by Crippen LogP contribution is 2.30. The van der Waals surface area contributed by atoms with E-state index in [4.69, 9.17) is 20.7 Å².